The third-order valence-electron chi connectivity index (χ3n) is 3.62. The van der Waals surface area contributed by atoms with Gasteiger partial charge in [0.15, 0.2) is 0 Å². The third-order valence-corrected chi connectivity index (χ3v) is 18.8. The molecule has 0 unspecified atom stereocenters. The molecule has 0 nitrogen and oxygen atoms in total. The van der Waals surface area contributed by atoms with Crippen molar-refractivity contribution in [1.29, 1.82) is 0 Å². The molecule has 0 bridgehead atoms. The third kappa shape index (κ3) is 17.1. The van der Waals surface area contributed by atoms with Crippen LogP contribution >= 0.6 is 0 Å². The van der Waals surface area contributed by atoms with Crippen LogP contribution in [0.2, 0.25) is 31.5 Å². The van der Waals surface area contributed by atoms with E-state index in [4.69, 9.17) is 0 Å². The van der Waals surface area contributed by atoms with Gasteiger partial charge in [-0.05, 0) is 0 Å². The van der Waals surface area contributed by atoms with Gasteiger partial charge in [0.05, 0.1) is 0 Å². The van der Waals surface area contributed by atoms with Crippen molar-refractivity contribution in [3.8, 4) is 0 Å². The van der Waals surface area contributed by atoms with E-state index in [1.54, 1.807) is 31.5 Å². The van der Waals surface area contributed by atoms with E-state index < -0.39 is 28.7 Å². The Morgan fingerprint density at radius 1 is 0.350 bits per heavy atom. The van der Waals surface area contributed by atoms with Gasteiger partial charge in [-0.2, -0.15) is 0 Å². The monoisotopic (exact) mass is 406 g/mol. The first-order valence-electron chi connectivity index (χ1n) is 9.36. The first-order chi connectivity index (χ1) is 9.69. The normalized spacial score (nSPS) is 10.8. The quantitative estimate of drug-likeness (QED) is 0.297. The van der Waals surface area contributed by atoms with Crippen LogP contribution in [-0.4, -0.2) is 28.7 Å². The summed E-state index contributed by atoms with van der Waals surface area (Å²) in [6.07, 6.45) is 8.64. The summed E-state index contributed by atoms with van der Waals surface area (Å²) in [5.74, 6) is 0. The number of hydrogen-bond donors (Lipinski definition) is 0. The van der Waals surface area contributed by atoms with Crippen LogP contribution in [-0.2, 0) is 0 Å². The van der Waals surface area contributed by atoms with Gasteiger partial charge in [0.1, 0.15) is 0 Å². The van der Waals surface area contributed by atoms with Crippen molar-refractivity contribution in [1.82, 2.24) is 0 Å². The van der Waals surface area contributed by atoms with Crippen LogP contribution in [0.5, 0.6) is 0 Å². The van der Waals surface area contributed by atoms with E-state index in [1.807, 2.05) is 0 Å². The van der Waals surface area contributed by atoms with E-state index in [9.17, 15) is 0 Å². The van der Waals surface area contributed by atoms with Crippen LogP contribution in [0.1, 0.15) is 80.1 Å². The van der Waals surface area contributed by atoms with Gasteiger partial charge in [0.2, 0.25) is 0 Å². The minimum absolute atomic E-state index is 0.486. The Morgan fingerprint density at radius 2 is 0.500 bits per heavy atom. The van der Waals surface area contributed by atoms with E-state index >= 15 is 0 Å². The van der Waals surface area contributed by atoms with Crippen molar-refractivity contribution in [2.75, 3.05) is 0 Å². The molecule has 0 aliphatic carbocycles. The van der Waals surface area contributed by atoms with Gasteiger partial charge >= 0.3 is 140 Å². The van der Waals surface area contributed by atoms with E-state index in [2.05, 4.69) is 41.5 Å². The van der Waals surface area contributed by atoms with Gasteiger partial charge in [-0.1, -0.05) is 0 Å². The van der Waals surface area contributed by atoms with Crippen LogP contribution in [0, 0.1) is 0 Å². The average Bonchev–Trinajstić information content (AvgIpc) is 2.41. The Morgan fingerprint density at radius 3 is 0.600 bits per heavy atom. The second kappa shape index (κ2) is 20.1. The maximum absolute atomic E-state index is 2.33. The van der Waals surface area contributed by atoms with Crippen LogP contribution in [0.3, 0.4) is 0 Å². The Bertz CT molecular complexity index is 113. The molecular formula is C18H42Ge2. The van der Waals surface area contributed by atoms with Gasteiger partial charge in [0.25, 0.3) is 0 Å². The summed E-state index contributed by atoms with van der Waals surface area (Å²) >= 11 is -0.972. The zero-order valence-corrected chi connectivity index (χ0v) is 19.7. The van der Waals surface area contributed by atoms with Crippen molar-refractivity contribution in [2.24, 2.45) is 0 Å². The first-order valence-corrected chi connectivity index (χ1v) is 18.3. The molecule has 2 radical (unpaired) electrons. The summed E-state index contributed by atoms with van der Waals surface area (Å²) in [7, 11) is 0. The fourth-order valence-electron chi connectivity index (χ4n) is 2.87. The SMILES string of the molecule is CC[CH2][Ge]([CH2]CC)[CH2]CC.CC[CH2][Ge]([CH2]CC)[CH2]CC. The molecule has 0 atom stereocenters. The predicted octanol–water partition coefficient (Wildman–Crippen LogP) is 7.42. The van der Waals surface area contributed by atoms with Crippen molar-refractivity contribution in [3.63, 3.8) is 0 Å². The maximum atomic E-state index is 2.33. The second-order valence-electron chi connectivity index (χ2n) is 6.00. The van der Waals surface area contributed by atoms with Gasteiger partial charge in [-0.25, -0.2) is 0 Å². The molecule has 0 saturated heterocycles. The molecule has 0 N–H and O–H groups in total. The van der Waals surface area contributed by atoms with Crippen molar-refractivity contribution < 1.29 is 0 Å². The van der Waals surface area contributed by atoms with Crippen LogP contribution in [0.25, 0.3) is 0 Å². The van der Waals surface area contributed by atoms with E-state index in [-0.39, 0.29) is 0 Å². The summed E-state index contributed by atoms with van der Waals surface area (Å²) < 4.78 is 0. The molecule has 122 valence electrons. The second-order valence-corrected chi connectivity index (χ2v) is 18.6. The van der Waals surface area contributed by atoms with Gasteiger partial charge in [0, 0.05) is 0 Å². The molecule has 0 fully saturated rings. The molecule has 0 rings (SSSR count). The van der Waals surface area contributed by atoms with E-state index in [0.717, 1.165) is 0 Å². The zero-order valence-electron chi connectivity index (χ0n) is 15.5. The van der Waals surface area contributed by atoms with Crippen molar-refractivity contribution >= 4 is 28.7 Å². The molecule has 0 aromatic carbocycles. The Labute approximate surface area is 140 Å². The number of hydrogen-bond acceptors (Lipinski definition) is 0. The fourth-order valence-corrected chi connectivity index (χ4v) is 14.9. The van der Waals surface area contributed by atoms with Gasteiger partial charge in [-0.15, -0.1) is 0 Å². The molecule has 0 heterocycles. The summed E-state index contributed by atoms with van der Waals surface area (Å²) in [5, 5.41) is 9.68. The van der Waals surface area contributed by atoms with Crippen molar-refractivity contribution in [2.45, 2.75) is 112 Å². The molecule has 20 heavy (non-hydrogen) atoms. The summed E-state index contributed by atoms with van der Waals surface area (Å²) in [5.41, 5.74) is 0. The average molecular weight is 404 g/mol. The Hall–Kier alpha value is 1.09. The first kappa shape index (κ1) is 23.4. The minimum atomic E-state index is -0.486. The Kier molecular flexibility index (Phi) is 23.5. The van der Waals surface area contributed by atoms with Crippen LogP contribution in [0.15, 0.2) is 0 Å². The molecule has 0 saturated carbocycles. The van der Waals surface area contributed by atoms with E-state index in [1.165, 1.54) is 38.5 Å². The molecule has 0 amide bonds. The molecule has 0 aliphatic heterocycles. The van der Waals surface area contributed by atoms with E-state index in [0.29, 0.717) is 0 Å². The molecule has 0 aromatic heterocycles. The number of rotatable bonds is 12. The molecular weight excluding hydrogens is 361 g/mol. The standard InChI is InChI=1S/2C9H21Ge/c2*1-4-7-10(8-5-2)9-6-3/h2*4-9H2,1-3H3. The summed E-state index contributed by atoms with van der Waals surface area (Å²) in [6.45, 7) is 14.0. The van der Waals surface area contributed by atoms with Gasteiger partial charge < -0.3 is 0 Å². The Balaban J connectivity index is 0. The molecule has 2 heteroatoms. The van der Waals surface area contributed by atoms with Crippen LogP contribution in [0.4, 0.5) is 0 Å². The van der Waals surface area contributed by atoms with Gasteiger partial charge in [-0.3, -0.25) is 0 Å². The summed E-state index contributed by atoms with van der Waals surface area (Å²) in [4.78, 5) is 0. The van der Waals surface area contributed by atoms with Crippen molar-refractivity contribution in [3.05, 3.63) is 0 Å². The summed E-state index contributed by atoms with van der Waals surface area (Å²) in [6, 6.07) is 0. The topological polar surface area (TPSA) is 0 Å². The molecule has 0 aromatic rings. The predicted molar refractivity (Wildman–Crippen MR) is 102 cm³/mol. The fraction of sp³-hybridized carbons (Fsp3) is 1.00. The van der Waals surface area contributed by atoms with Crippen LogP contribution < -0.4 is 0 Å². The molecule has 0 aliphatic rings. The zero-order chi connectivity index (χ0) is 15.6. The molecule has 0 spiro atoms.